The molecule has 0 fully saturated rings. The molecule has 2 N–H and O–H groups in total. The Morgan fingerprint density at radius 3 is 2.32 bits per heavy atom. The third-order valence-corrected chi connectivity index (χ3v) is 4.23. The van der Waals surface area contributed by atoms with E-state index in [1.807, 2.05) is 0 Å². The summed E-state index contributed by atoms with van der Waals surface area (Å²) >= 11 is 5.73. The molecule has 0 unspecified atom stereocenters. The van der Waals surface area contributed by atoms with E-state index >= 15 is 0 Å². The fraction of sp³-hybridized carbons (Fsp3) is 0.211. The SMILES string of the molecule is COc1cc(C(=O)NCC(=O)NN=Cc2ccc(Cl)c([N+](=O)[O-])c2)cc(OC)c1OC. The lowest BCUT2D eigenvalue weighted by Gasteiger charge is -2.14. The topological polar surface area (TPSA) is 141 Å². The van der Waals surface area contributed by atoms with Crippen LogP contribution in [0.25, 0.3) is 0 Å². The van der Waals surface area contributed by atoms with Gasteiger partial charge in [-0.2, -0.15) is 5.10 Å². The van der Waals surface area contributed by atoms with Crippen LogP contribution in [0.2, 0.25) is 5.02 Å². The van der Waals surface area contributed by atoms with E-state index in [1.54, 1.807) is 0 Å². The fourth-order valence-electron chi connectivity index (χ4n) is 2.44. The smallest absolute Gasteiger partial charge is 0.288 e. The number of carbonyl (C=O) groups is 2. The van der Waals surface area contributed by atoms with E-state index in [0.29, 0.717) is 11.3 Å². The van der Waals surface area contributed by atoms with Gasteiger partial charge in [-0.1, -0.05) is 17.7 Å². The van der Waals surface area contributed by atoms with Crippen molar-refractivity contribution in [3.05, 3.63) is 56.6 Å². The monoisotopic (exact) mass is 450 g/mol. The van der Waals surface area contributed by atoms with Crippen LogP contribution in [0.15, 0.2) is 35.4 Å². The highest BCUT2D eigenvalue weighted by molar-refractivity contribution is 6.32. The summed E-state index contributed by atoms with van der Waals surface area (Å²) in [5, 5.41) is 17.0. The summed E-state index contributed by atoms with van der Waals surface area (Å²) in [6.07, 6.45) is 1.21. The number of hydrogen-bond acceptors (Lipinski definition) is 8. The average molecular weight is 451 g/mol. The Morgan fingerprint density at radius 2 is 1.77 bits per heavy atom. The predicted molar refractivity (Wildman–Crippen MR) is 112 cm³/mol. The lowest BCUT2D eigenvalue weighted by Crippen LogP contribution is -2.34. The van der Waals surface area contributed by atoms with Gasteiger partial charge in [0.15, 0.2) is 11.5 Å². The molecule has 0 spiro atoms. The van der Waals surface area contributed by atoms with Crippen LogP contribution in [0, 0.1) is 10.1 Å². The zero-order valence-corrected chi connectivity index (χ0v) is 17.6. The molecule has 2 aromatic rings. The third-order valence-electron chi connectivity index (χ3n) is 3.91. The van der Waals surface area contributed by atoms with Crippen molar-refractivity contribution in [1.29, 1.82) is 0 Å². The van der Waals surface area contributed by atoms with Gasteiger partial charge in [-0.25, -0.2) is 5.43 Å². The summed E-state index contributed by atoms with van der Waals surface area (Å²) < 4.78 is 15.6. The number of benzene rings is 2. The third kappa shape index (κ3) is 6.06. The van der Waals surface area contributed by atoms with E-state index < -0.39 is 16.7 Å². The standard InChI is InChI=1S/C19H19ClN4O7/c1-29-15-7-12(8-16(30-2)18(15)31-3)19(26)21-10-17(25)23-22-9-11-4-5-13(20)14(6-11)24(27)28/h4-9H,10H2,1-3H3,(H,21,26)(H,23,25). The van der Waals surface area contributed by atoms with Gasteiger partial charge in [-0.15, -0.1) is 0 Å². The van der Waals surface area contributed by atoms with Gasteiger partial charge in [-0.05, 0) is 18.2 Å². The minimum absolute atomic E-state index is 0.0132. The van der Waals surface area contributed by atoms with Crippen molar-refractivity contribution in [3.8, 4) is 17.2 Å². The molecule has 2 rings (SSSR count). The van der Waals surface area contributed by atoms with Crippen LogP contribution in [0.5, 0.6) is 17.2 Å². The first kappa shape index (κ1) is 23.4. The zero-order valence-electron chi connectivity index (χ0n) is 16.8. The van der Waals surface area contributed by atoms with Gasteiger partial charge in [0.05, 0.1) is 39.0 Å². The summed E-state index contributed by atoms with van der Waals surface area (Å²) in [6.45, 7) is -0.367. The molecule has 0 radical (unpaired) electrons. The number of hydrazone groups is 1. The Labute approximate surface area is 182 Å². The largest absolute Gasteiger partial charge is 0.493 e. The molecule has 164 valence electrons. The molecule has 0 aromatic heterocycles. The Kier molecular flexibility index (Phi) is 8.15. The highest BCUT2D eigenvalue weighted by Gasteiger charge is 2.17. The molecule has 0 aliphatic carbocycles. The molecule has 0 aliphatic heterocycles. The van der Waals surface area contributed by atoms with Crippen LogP contribution in [-0.2, 0) is 4.79 Å². The lowest BCUT2D eigenvalue weighted by atomic mass is 10.1. The van der Waals surface area contributed by atoms with Crippen molar-refractivity contribution >= 4 is 35.3 Å². The van der Waals surface area contributed by atoms with Crippen molar-refractivity contribution < 1.29 is 28.7 Å². The van der Waals surface area contributed by atoms with Gasteiger partial charge in [-0.3, -0.25) is 19.7 Å². The maximum Gasteiger partial charge on any atom is 0.288 e. The molecule has 12 heteroatoms. The number of carbonyl (C=O) groups excluding carboxylic acids is 2. The van der Waals surface area contributed by atoms with Crippen molar-refractivity contribution in [2.45, 2.75) is 0 Å². The molecule has 0 aliphatic rings. The fourth-order valence-corrected chi connectivity index (χ4v) is 2.63. The number of hydrogen-bond donors (Lipinski definition) is 2. The molecule has 2 amide bonds. The molecule has 0 atom stereocenters. The molecule has 2 aromatic carbocycles. The van der Waals surface area contributed by atoms with E-state index in [2.05, 4.69) is 15.8 Å². The number of nitrogens with zero attached hydrogens (tertiary/aromatic N) is 2. The second kappa shape index (κ2) is 10.8. The molecule has 0 heterocycles. The number of nitro groups is 1. The van der Waals surface area contributed by atoms with Crippen LogP contribution in [0.1, 0.15) is 15.9 Å². The number of halogens is 1. The predicted octanol–water partition coefficient (Wildman–Crippen LogP) is 2.15. The molecular formula is C19H19ClN4O7. The molecule has 11 nitrogen and oxygen atoms in total. The number of rotatable bonds is 9. The Bertz CT molecular complexity index is 1000. The number of ether oxygens (including phenoxy) is 3. The van der Waals surface area contributed by atoms with Crippen molar-refractivity contribution in [2.24, 2.45) is 5.10 Å². The van der Waals surface area contributed by atoms with Gasteiger partial charge >= 0.3 is 0 Å². The minimum atomic E-state index is -0.628. The summed E-state index contributed by atoms with van der Waals surface area (Å²) in [7, 11) is 4.27. The second-order valence-electron chi connectivity index (χ2n) is 5.86. The molecule has 0 bridgehead atoms. The van der Waals surface area contributed by atoms with Crippen LogP contribution >= 0.6 is 11.6 Å². The van der Waals surface area contributed by atoms with E-state index in [-0.39, 0.29) is 34.3 Å². The molecule has 31 heavy (non-hydrogen) atoms. The normalized spacial score (nSPS) is 10.5. The van der Waals surface area contributed by atoms with E-state index in [9.17, 15) is 19.7 Å². The van der Waals surface area contributed by atoms with E-state index in [4.69, 9.17) is 25.8 Å². The summed E-state index contributed by atoms with van der Waals surface area (Å²) in [6, 6.07) is 6.95. The number of amides is 2. The Balaban J connectivity index is 1.97. The zero-order chi connectivity index (χ0) is 23.0. The highest BCUT2D eigenvalue weighted by Crippen LogP contribution is 2.38. The van der Waals surface area contributed by atoms with Gasteiger partial charge in [0.2, 0.25) is 5.75 Å². The van der Waals surface area contributed by atoms with Crippen molar-refractivity contribution in [2.75, 3.05) is 27.9 Å². The van der Waals surface area contributed by atoms with E-state index in [0.717, 1.165) is 0 Å². The van der Waals surface area contributed by atoms with Crippen molar-refractivity contribution in [1.82, 2.24) is 10.7 Å². The van der Waals surface area contributed by atoms with Crippen LogP contribution in [0.4, 0.5) is 5.69 Å². The maximum absolute atomic E-state index is 12.4. The number of nitro benzene ring substituents is 1. The maximum atomic E-state index is 12.4. The summed E-state index contributed by atoms with van der Waals surface area (Å²) in [4.78, 5) is 34.5. The minimum Gasteiger partial charge on any atom is -0.493 e. The summed E-state index contributed by atoms with van der Waals surface area (Å²) in [5.41, 5.74) is 2.48. The molecule has 0 saturated heterocycles. The van der Waals surface area contributed by atoms with Crippen LogP contribution in [-0.4, -0.2) is 50.8 Å². The quantitative estimate of drug-likeness (QED) is 0.338. The summed E-state index contributed by atoms with van der Waals surface area (Å²) in [5.74, 6) is -0.250. The first-order valence-corrected chi connectivity index (χ1v) is 9.02. The van der Waals surface area contributed by atoms with Gasteiger partial charge in [0, 0.05) is 17.2 Å². The lowest BCUT2D eigenvalue weighted by molar-refractivity contribution is -0.384. The number of methoxy groups -OCH3 is 3. The Morgan fingerprint density at radius 1 is 1.13 bits per heavy atom. The Hall–Kier alpha value is -3.86. The first-order chi connectivity index (χ1) is 14.8. The molecule has 0 saturated carbocycles. The van der Waals surface area contributed by atoms with Crippen LogP contribution < -0.4 is 25.0 Å². The average Bonchev–Trinajstić information content (AvgIpc) is 2.77. The first-order valence-electron chi connectivity index (χ1n) is 8.64. The van der Waals surface area contributed by atoms with Gasteiger partial charge in [0.25, 0.3) is 17.5 Å². The highest BCUT2D eigenvalue weighted by atomic mass is 35.5. The van der Waals surface area contributed by atoms with Crippen molar-refractivity contribution in [3.63, 3.8) is 0 Å². The van der Waals surface area contributed by atoms with Crippen LogP contribution in [0.3, 0.4) is 0 Å². The number of nitrogens with one attached hydrogen (secondary N) is 2. The molecular weight excluding hydrogens is 432 g/mol. The van der Waals surface area contributed by atoms with Gasteiger partial charge < -0.3 is 19.5 Å². The van der Waals surface area contributed by atoms with E-state index in [1.165, 1.54) is 57.9 Å². The second-order valence-corrected chi connectivity index (χ2v) is 6.27. The van der Waals surface area contributed by atoms with Gasteiger partial charge in [0.1, 0.15) is 5.02 Å².